The van der Waals surface area contributed by atoms with Gasteiger partial charge in [-0.05, 0) is 130 Å². The number of nitrogens with zero attached hydrogens (tertiary/aromatic N) is 2. The van der Waals surface area contributed by atoms with E-state index in [1.807, 2.05) is 63.4 Å². The van der Waals surface area contributed by atoms with E-state index >= 15 is 0 Å². The lowest BCUT2D eigenvalue weighted by atomic mass is 9.55. The van der Waals surface area contributed by atoms with Crippen LogP contribution >= 0.6 is 23.4 Å². The summed E-state index contributed by atoms with van der Waals surface area (Å²) in [5.74, 6) is -0.635. The van der Waals surface area contributed by atoms with Crippen molar-refractivity contribution in [1.82, 2.24) is 4.90 Å². The highest BCUT2D eigenvalue weighted by Gasteiger charge is 2.65. The Morgan fingerprint density at radius 3 is 2.39 bits per heavy atom. The number of aliphatic hydroxyl groups is 2. The first kappa shape index (κ1) is 46.4. The Bertz CT molecular complexity index is 1990. The molecule has 330 valence electrons. The Balaban J connectivity index is 1.61. The number of hydrogen-bond donors (Lipinski definition) is 2. The third kappa shape index (κ3) is 11.1. The molecule has 6 unspecified atom stereocenters. The monoisotopic (exact) mass is 878 g/mol. The van der Waals surface area contributed by atoms with E-state index in [1.54, 1.807) is 34.9 Å². The number of hydrogen-bond acceptors (Lipinski definition) is 10. The molecule has 6 atom stereocenters. The Kier molecular flexibility index (Phi) is 16.2. The molecule has 3 aliphatic rings. The molecule has 0 aromatic heterocycles. The molecule has 13 heteroatoms. The summed E-state index contributed by atoms with van der Waals surface area (Å²) in [7, 11) is 0. The predicted octanol–water partition coefficient (Wildman–Crippen LogP) is 10.6. The zero-order valence-corrected chi connectivity index (χ0v) is 37.3. The van der Waals surface area contributed by atoms with Crippen LogP contribution in [0.3, 0.4) is 0 Å². The third-order valence-electron chi connectivity index (χ3n) is 11.5. The summed E-state index contributed by atoms with van der Waals surface area (Å²) in [5.41, 5.74) is 2.52. The van der Waals surface area contributed by atoms with Crippen molar-refractivity contribution < 1.29 is 43.2 Å². The number of halogens is 2. The van der Waals surface area contributed by atoms with Gasteiger partial charge in [0.15, 0.2) is 0 Å². The molecule has 1 saturated carbocycles. The van der Waals surface area contributed by atoms with Crippen LogP contribution in [0.15, 0.2) is 101 Å². The number of alkyl halides is 1. The average Bonchev–Trinajstić information content (AvgIpc) is 3.25. The first-order valence-corrected chi connectivity index (χ1v) is 23.0. The first-order valence-electron chi connectivity index (χ1n) is 21.3. The molecule has 0 saturated heterocycles. The molecule has 61 heavy (non-hydrogen) atoms. The molecule has 0 radical (unpaired) electrons. The minimum absolute atomic E-state index is 0.0155. The number of carbonyl (C=O) groups excluding carboxylic acids is 1. The quantitative estimate of drug-likeness (QED) is 0.0376. The number of carbonyl (C=O) groups is 1. The second kappa shape index (κ2) is 21.3. The summed E-state index contributed by atoms with van der Waals surface area (Å²) in [5, 5.41) is 24.8. The maximum absolute atomic E-state index is 14.5. The number of amides is 1. The third-order valence-corrected chi connectivity index (χ3v) is 12.4. The molecule has 1 fully saturated rings. The van der Waals surface area contributed by atoms with Gasteiger partial charge in [0.1, 0.15) is 41.3 Å². The van der Waals surface area contributed by atoms with E-state index in [4.69, 9.17) is 40.5 Å². The molecule has 1 amide bonds. The van der Waals surface area contributed by atoms with Gasteiger partial charge in [0, 0.05) is 42.6 Å². The minimum atomic E-state index is -1.51. The van der Waals surface area contributed by atoms with Crippen LogP contribution < -0.4 is 9.47 Å². The van der Waals surface area contributed by atoms with Crippen LogP contribution in [0.4, 0.5) is 9.18 Å². The van der Waals surface area contributed by atoms with E-state index in [2.05, 4.69) is 18.7 Å². The van der Waals surface area contributed by atoms with E-state index in [0.29, 0.717) is 41.4 Å². The van der Waals surface area contributed by atoms with Crippen molar-refractivity contribution in [3.05, 3.63) is 108 Å². The average molecular weight is 880 g/mol. The molecule has 6 rings (SSSR count). The minimum Gasteiger partial charge on any atom is -0.459 e. The summed E-state index contributed by atoms with van der Waals surface area (Å²) in [6, 6.07) is 19.0. The van der Waals surface area contributed by atoms with E-state index < -0.39 is 35.3 Å². The molecule has 2 aliphatic carbocycles. The number of unbranched alkanes of at least 4 members (excludes halogenated alkanes) is 2. The largest absolute Gasteiger partial charge is 0.459 e. The van der Waals surface area contributed by atoms with E-state index in [1.165, 1.54) is 12.1 Å². The van der Waals surface area contributed by atoms with Crippen molar-refractivity contribution in [2.75, 3.05) is 38.6 Å². The maximum Gasteiger partial charge on any atom is 0.410 e. The molecule has 0 bridgehead atoms. The van der Waals surface area contributed by atoms with Gasteiger partial charge in [-0.1, -0.05) is 42.3 Å². The molecule has 2 N–H and O–H groups in total. The second-order valence-corrected chi connectivity index (χ2v) is 18.1. The van der Waals surface area contributed by atoms with Gasteiger partial charge in [0.05, 0.1) is 24.1 Å². The summed E-state index contributed by atoms with van der Waals surface area (Å²) >= 11 is 7.73. The first-order chi connectivity index (χ1) is 29.4. The van der Waals surface area contributed by atoms with Gasteiger partial charge in [-0.25, -0.2) is 9.18 Å². The summed E-state index contributed by atoms with van der Waals surface area (Å²) < 4.78 is 40.9. The van der Waals surface area contributed by atoms with Crippen molar-refractivity contribution in [2.45, 2.75) is 101 Å². The normalized spacial score (nSPS) is 23.6. The van der Waals surface area contributed by atoms with Crippen molar-refractivity contribution in [3.63, 3.8) is 0 Å². The van der Waals surface area contributed by atoms with Crippen molar-refractivity contribution in [3.8, 4) is 17.2 Å². The fraction of sp³-hybridized carbons (Fsp3) is 0.500. The lowest BCUT2D eigenvalue weighted by Gasteiger charge is -2.60. The summed E-state index contributed by atoms with van der Waals surface area (Å²) in [6.07, 6.45) is 10.00. The number of ether oxygens (including phenoxy) is 4. The zero-order chi connectivity index (χ0) is 43.6. The summed E-state index contributed by atoms with van der Waals surface area (Å²) in [6.45, 7) is 10.1. The molecular formula is C48H60ClFN2O8S. The molecular weight excluding hydrogens is 819 g/mol. The van der Waals surface area contributed by atoms with E-state index in [-0.39, 0.29) is 63.0 Å². The van der Waals surface area contributed by atoms with Crippen molar-refractivity contribution in [1.29, 1.82) is 0 Å². The van der Waals surface area contributed by atoms with Gasteiger partial charge in [0.2, 0.25) is 5.79 Å². The van der Waals surface area contributed by atoms with Crippen LogP contribution in [0.1, 0.15) is 82.8 Å². The van der Waals surface area contributed by atoms with E-state index in [9.17, 15) is 19.4 Å². The highest BCUT2D eigenvalue weighted by molar-refractivity contribution is 7.98. The van der Waals surface area contributed by atoms with Gasteiger partial charge in [-0.3, -0.25) is 4.90 Å². The number of fused-ring (bicyclic) bond motifs is 2. The van der Waals surface area contributed by atoms with Crippen LogP contribution in [0.5, 0.6) is 17.2 Å². The van der Waals surface area contributed by atoms with Gasteiger partial charge in [-0.2, -0.15) is 0 Å². The Labute approximate surface area is 369 Å². The predicted molar refractivity (Wildman–Crippen MR) is 238 cm³/mol. The standard InChI is InChI=1S/C48H60ClFN2O8S/c1-6-26-57-48-43(52(46(55)56-27-23-49)31-32-13-15-34(50)16-14-32)30-41(51-60-47(2,3)4)39-28-33(11-7-9-24-53)38(12-8-10-25-54)44(45(39)48)40-29-36(19-22-42(40)59-48)58-35-17-20-37(61-5)21-18-35/h6,13-22,28-29,33,38,43-45,53-54H,1,7-12,23-27,30-31H2,2-5H3. The number of aliphatic hydroxyl groups excluding tert-OH is 2. The summed E-state index contributed by atoms with van der Waals surface area (Å²) in [4.78, 5) is 23.4. The molecule has 3 aromatic rings. The fourth-order valence-electron chi connectivity index (χ4n) is 8.98. The molecule has 1 heterocycles. The van der Waals surface area contributed by atoms with Gasteiger partial charge < -0.3 is 34.0 Å². The van der Waals surface area contributed by atoms with Crippen LogP contribution in [-0.4, -0.2) is 82.9 Å². The fourth-order valence-corrected chi connectivity index (χ4v) is 9.47. The highest BCUT2D eigenvalue weighted by atomic mass is 35.5. The Hall–Kier alpha value is -4.07. The molecule has 1 aliphatic heterocycles. The maximum atomic E-state index is 14.5. The smallest absolute Gasteiger partial charge is 0.410 e. The molecule has 10 nitrogen and oxygen atoms in total. The molecule has 0 spiro atoms. The number of benzene rings is 3. The van der Waals surface area contributed by atoms with Gasteiger partial charge in [0.25, 0.3) is 0 Å². The van der Waals surface area contributed by atoms with Crippen molar-refractivity contribution >= 4 is 35.2 Å². The highest BCUT2D eigenvalue weighted by Crippen LogP contribution is 2.62. The Morgan fingerprint density at radius 2 is 1.74 bits per heavy atom. The van der Waals surface area contributed by atoms with Gasteiger partial charge >= 0.3 is 6.09 Å². The van der Waals surface area contributed by atoms with Crippen LogP contribution in [0.2, 0.25) is 0 Å². The molecule has 3 aromatic carbocycles. The lowest BCUT2D eigenvalue weighted by Crippen LogP contribution is -2.70. The van der Waals surface area contributed by atoms with Crippen LogP contribution in [-0.2, 0) is 20.9 Å². The van der Waals surface area contributed by atoms with E-state index in [0.717, 1.165) is 41.7 Å². The number of rotatable bonds is 20. The van der Waals surface area contributed by atoms with Crippen LogP contribution in [0.25, 0.3) is 0 Å². The number of allylic oxidation sites excluding steroid dienone is 1. The number of thioether (sulfide) groups is 1. The van der Waals surface area contributed by atoms with Gasteiger partial charge in [-0.15, -0.1) is 29.9 Å². The van der Waals surface area contributed by atoms with Crippen LogP contribution in [0, 0.1) is 23.6 Å². The lowest BCUT2D eigenvalue weighted by molar-refractivity contribution is -0.256. The number of oxime groups is 1. The second-order valence-electron chi connectivity index (χ2n) is 16.8. The zero-order valence-electron chi connectivity index (χ0n) is 35.7. The topological polar surface area (TPSA) is 119 Å². The SMILES string of the molecule is C=CCOC12Oc3ccc(Oc4ccc(SC)cc4)cc3C3C(CCCCO)C(CCCCO)C=C(C(=NOC(C)(C)C)CC1N(Cc1ccc(F)cc1)C(=O)OCCCl)C32. The Morgan fingerprint density at radius 1 is 1.03 bits per heavy atom. The van der Waals surface area contributed by atoms with Crippen molar-refractivity contribution in [2.24, 2.45) is 22.9 Å².